The number of anilines is 2. The summed E-state index contributed by atoms with van der Waals surface area (Å²) in [6.45, 7) is 1.93. The maximum atomic E-state index is 12.0. The predicted molar refractivity (Wildman–Crippen MR) is 90.3 cm³/mol. The molecule has 0 fully saturated rings. The van der Waals surface area contributed by atoms with Crippen molar-refractivity contribution in [2.45, 2.75) is 18.2 Å². The lowest BCUT2D eigenvalue weighted by molar-refractivity contribution is -0.115. The molecule has 4 nitrogen and oxygen atoms in total. The molecule has 0 saturated carbocycles. The third kappa shape index (κ3) is 4.41. The minimum absolute atomic E-state index is 0.0979. The van der Waals surface area contributed by atoms with Crippen LogP contribution in [0.4, 0.5) is 11.4 Å². The van der Waals surface area contributed by atoms with Crippen molar-refractivity contribution in [2.24, 2.45) is 0 Å². The monoisotopic (exact) mass is 366 g/mol. The van der Waals surface area contributed by atoms with Gasteiger partial charge in [0.05, 0.1) is 9.70 Å². The molecule has 2 rings (SSSR count). The average Bonchev–Trinajstić information content (AvgIpc) is 3.01. The number of nitrogens with one attached hydrogen (secondary N) is 2. The van der Waals surface area contributed by atoms with Gasteiger partial charge in [-0.25, -0.2) is 0 Å². The molecule has 0 aliphatic heterocycles. The summed E-state index contributed by atoms with van der Waals surface area (Å²) in [5.74, 6) is -0.250. The van der Waals surface area contributed by atoms with Crippen LogP contribution in [0.5, 0.6) is 0 Å². The Labute approximate surface area is 135 Å². The Morgan fingerprint density at radius 1 is 1.19 bits per heavy atom. The average molecular weight is 367 g/mol. The van der Waals surface area contributed by atoms with Crippen LogP contribution in [0.3, 0.4) is 0 Å². The maximum Gasteiger partial charge on any atom is 0.265 e. The molecule has 0 bridgehead atoms. The number of hydrogen-bond donors (Lipinski definition) is 2. The summed E-state index contributed by atoms with van der Waals surface area (Å²) in [7, 11) is 0. The smallest absolute Gasteiger partial charge is 0.265 e. The minimum atomic E-state index is -0.220. The van der Waals surface area contributed by atoms with E-state index in [2.05, 4.69) is 26.6 Å². The molecule has 2 aromatic rings. The number of carbonyl (C=O) groups is 2. The minimum Gasteiger partial charge on any atom is -0.325 e. The first-order chi connectivity index (χ1) is 10.1. The molecule has 1 unspecified atom stereocenters. The van der Waals surface area contributed by atoms with Crippen molar-refractivity contribution < 1.29 is 9.59 Å². The van der Waals surface area contributed by atoms with Gasteiger partial charge in [0.25, 0.3) is 5.91 Å². The molecular weight excluding hydrogens is 352 g/mol. The van der Waals surface area contributed by atoms with Crippen LogP contribution in [0.25, 0.3) is 0 Å². The highest BCUT2D eigenvalue weighted by atomic mass is 79.9. The SMILES string of the molecule is CCC(Br)C(=O)Nc1cccc(NC(=O)c2cccs2)c1. The van der Waals surface area contributed by atoms with E-state index in [1.54, 1.807) is 30.3 Å². The van der Waals surface area contributed by atoms with Crippen LogP contribution in [0.1, 0.15) is 23.0 Å². The number of halogens is 1. The van der Waals surface area contributed by atoms with Gasteiger partial charge in [-0.15, -0.1) is 11.3 Å². The van der Waals surface area contributed by atoms with Gasteiger partial charge in [-0.1, -0.05) is 35.0 Å². The van der Waals surface area contributed by atoms with Crippen molar-refractivity contribution in [3.63, 3.8) is 0 Å². The third-order valence-corrected chi connectivity index (χ3v) is 4.71. The van der Waals surface area contributed by atoms with Crippen molar-refractivity contribution in [1.29, 1.82) is 0 Å². The topological polar surface area (TPSA) is 58.2 Å². The van der Waals surface area contributed by atoms with Crippen molar-refractivity contribution in [3.8, 4) is 0 Å². The quantitative estimate of drug-likeness (QED) is 0.782. The van der Waals surface area contributed by atoms with E-state index in [4.69, 9.17) is 0 Å². The highest BCUT2D eigenvalue weighted by Crippen LogP contribution is 2.18. The second-order valence-electron chi connectivity index (χ2n) is 4.38. The van der Waals surface area contributed by atoms with Gasteiger partial charge in [-0.3, -0.25) is 9.59 Å². The van der Waals surface area contributed by atoms with Crippen LogP contribution in [0, 0.1) is 0 Å². The van der Waals surface area contributed by atoms with E-state index in [0.29, 0.717) is 22.7 Å². The van der Waals surface area contributed by atoms with E-state index < -0.39 is 0 Å². The zero-order valence-electron chi connectivity index (χ0n) is 11.4. The largest absolute Gasteiger partial charge is 0.325 e. The van der Waals surface area contributed by atoms with Gasteiger partial charge in [0.15, 0.2) is 0 Å². The summed E-state index contributed by atoms with van der Waals surface area (Å²) in [6.07, 6.45) is 0.709. The Balaban J connectivity index is 2.04. The molecule has 2 N–H and O–H groups in total. The molecule has 1 aromatic heterocycles. The summed E-state index contributed by atoms with van der Waals surface area (Å²) in [4.78, 5) is 24.2. The van der Waals surface area contributed by atoms with E-state index in [1.165, 1.54) is 11.3 Å². The first-order valence-corrected chi connectivity index (χ1v) is 8.29. The van der Waals surface area contributed by atoms with E-state index in [9.17, 15) is 9.59 Å². The third-order valence-electron chi connectivity index (χ3n) is 2.78. The number of alkyl halides is 1. The fourth-order valence-corrected chi connectivity index (χ4v) is 2.41. The van der Waals surface area contributed by atoms with Crippen LogP contribution >= 0.6 is 27.3 Å². The molecule has 0 aliphatic rings. The molecule has 0 spiro atoms. The molecule has 1 atom stereocenters. The molecule has 6 heteroatoms. The van der Waals surface area contributed by atoms with E-state index in [0.717, 1.165) is 0 Å². The van der Waals surface area contributed by atoms with E-state index in [-0.39, 0.29) is 16.6 Å². The highest BCUT2D eigenvalue weighted by molar-refractivity contribution is 9.10. The molecule has 110 valence electrons. The molecule has 0 radical (unpaired) electrons. The molecule has 0 aliphatic carbocycles. The van der Waals surface area contributed by atoms with Crippen LogP contribution in [-0.4, -0.2) is 16.6 Å². The predicted octanol–water partition coefficient (Wildman–Crippen LogP) is 4.11. The standard InChI is InChI=1S/C15H15BrN2O2S/c1-2-12(16)14(19)17-10-5-3-6-11(9-10)18-15(20)13-7-4-8-21-13/h3-9,12H,2H2,1H3,(H,17,19)(H,18,20). The lowest BCUT2D eigenvalue weighted by Crippen LogP contribution is -2.22. The van der Waals surface area contributed by atoms with Crippen LogP contribution in [-0.2, 0) is 4.79 Å². The number of amides is 2. The zero-order valence-corrected chi connectivity index (χ0v) is 13.8. The molecule has 0 saturated heterocycles. The number of thiophene rings is 1. The molecule has 21 heavy (non-hydrogen) atoms. The molecule has 1 heterocycles. The molecule has 2 amide bonds. The van der Waals surface area contributed by atoms with Crippen LogP contribution in [0.15, 0.2) is 41.8 Å². The fourth-order valence-electron chi connectivity index (χ4n) is 1.68. The van der Waals surface area contributed by atoms with Crippen molar-refractivity contribution in [1.82, 2.24) is 0 Å². The first kappa shape index (κ1) is 15.7. The second-order valence-corrected chi connectivity index (χ2v) is 6.43. The Kier molecular flexibility index (Phi) is 5.52. The summed E-state index contributed by atoms with van der Waals surface area (Å²) < 4.78 is 0. The number of hydrogen-bond acceptors (Lipinski definition) is 3. The fraction of sp³-hybridized carbons (Fsp3) is 0.200. The molecular formula is C15H15BrN2O2S. The summed E-state index contributed by atoms with van der Waals surface area (Å²) in [6, 6.07) is 10.7. The second kappa shape index (κ2) is 7.38. The Morgan fingerprint density at radius 2 is 1.90 bits per heavy atom. The maximum absolute atomic E-state index is 12.0. The Bertz CT molecular complexity index is 628. The van der Waals surface area contributed by atoms with Crippen molar-refractivity contribution in [3.05, 3.63) is 46.7 Å². The summed E-state index contributed by atoms with van der Waals surface area (Å²) in [5, 5.41) is 7.47. The lowest BCUT2D eigenvalue weighted by Gasteiger charge is -2.10. The number of benzene rings is 1. The zero-order chi connectivity index (χ0) is 15.2. The molecule has 1 aromatic carbocycles. The van der Waals surface area contributed by atoms with Gasteiger partial charge >= 0.3 is 0 Å². The van der Waals surface area contributed by atoms with Crippen LogP contribution in [0.2, 0.25) is 0 Å². The van der Waals surface area contributed by atoms with Gasteiger partial charge in [-0.05, 0) is 36.1 Å². The lowest BCUT2D eigenvalue weighted by atomic mass is 10.2. The van der Waals surface area contributed by atoms with Crippen molar-refractivity contribution >= 4 is 50.5 Å². The van der Waals surface area contributed by atoms with E-state index >= 15 is 0 Å². The highest BCUT2D eigenvalue weighted by Gasteiger charge is 2.13. The number of carbonyl (C=O) groups excluding carboxylic acids is 2. The van der Waals surface area contributed by atoms with Crippen molar-refractivity contribution in [2.75, 3.05) is 10.6 Å². The Morgan fingerprint density at radius 3 is 2.52 bits per heavy atom. The van der Waals surface area contributed by atoms with Gasteiger partial charge in [-0.2, -0.15) is 0 Å². The van der Waals surface area contributed by atoms with E-state index in [1.807, 2.05) is 18.4 Å². The van der Waals surface area contributed by atoms with Gasteiger partial charge in [0.1, 0.15) is 0 Å². The van der Waals surface area contributed by atoms with Crippen LogP contribution < -0.4 is 10.6 Å². The number of rotatable bonds is 5. The van der Waals surface area contributed by atoms with Gasteiger partial charge < -0.3 is 10.6 Å². The normalized spacial score (nSPS) is 11.7. The Hall–Kier alpha value is -1.66. The van der Waals surface area contributed by atoms with Gasteiger partial charge in [0.2, 0.25) is 5.91 Å². The summed E-state index contributed by atoms with van der Waals surface area (Å²) in [5.41, 5.74) is 1.30. The first-order valence-electron chi connectivity index (χ1n) is 6.50. The van der Waals surface area contributed by atoms with Gasteiger partial charge in [0, 0.05) is 11.4 Å². The summed E-state index contributed by atoms with van der Waals surface area (Å²) >= 11 is 4.69.